The van der Waals surface area contributed by atoms with Crippen LogP contribution in [0.1, 0.15) is 39.5 Å². The molecule has 0 radical (unpaired) electrons. The fourth-order valence-electron chi connectivity index (χ4n) is 1.05. The summed E-state index contributed by atoms with van der Waals surface area (Å²) < 4.78 is 0. The van der Waals surface area contributed by atoms with Gasteiger partial charge in [0, 0.05) is 5.92 Å². The number of carbonyl (C=O) groups excluding carboxylic acids is 1. The topological polar surface area (TPSA) is 37.3 Å². The van der Waals surface area contributed by atoms with Gasteiger partial charge in [0.05, 0.1) is 6.10 Å². The van der Waals surface area contributed by atoms with E-state index in [1.165, 1.54) is 0 Å². The number of aldehydes is 1. The summed E-state index contributed by atoms with van der Waals surface area (Å²) in [5.74, 6) is -0.151. The van der Waals surface area contributed by atoms with Crippen molar-refractivity contribution in [2.24, 2.45) is 5.92 Å². The molecule has 2 atom stereocenters. The number of hydrogen-bond acceptors (Lipinski definition) is 2. The normalized spacial score (nSPS) is 15.9. The van der Waals surface area contributed by atoms with Crippen LogP contribution in [-0.4, -0.2) is 17.5 Å². The maximum atomic E-state index is 10.4. The Hall–Kier alpha value is -0.370. The van der Waals surface area contributed by atoms with Gasteiger partial charge in [-0.1, -0.05) is 26.2 Å². The summed E-state index contributed by atoms with van der Waals surface area (Å²) in [6.07, 6.45) is 4.56. The third-order valence-corrected chi connectivity index (χ3v) is 1.94. The molecule has 0 aromatic heterocycles. The molecule has 0 aromatic carbocycles. The Labute approximate surface area is 68.6 Å². The van der Waals surface area contributed by atoms with Gasteiger partial charge in [-0.2, -0.15) is 0 Å². The zero-order valence-electron chi connectivity index (χ0n) is 7.42. The van der Waals surface area contributed by atoms with Crippen molar-refractivity contribution < 1.29 is 9.90 Å². The highest BCUT2D eigenvalue weighted by Crippen LogP contribution is 2.11. The third kappa shape index (κ3) is 4.96. The van der Waals surface area contributed by atoms with Crippen LogP contribution in [0.25, 0.3) is 0 Å². The third-order valence-electron chi connectivity index (χ3n) is 1.94. The van der Waals surface area contributed by atoms with Crippen LogP contribution < -0.4 is 0 Å². The second kappa shape index (κ2) is 6.35. The van der Waals surface area contributed by atoms with E-state index in [-0.39, 0.29) is 5.92 Å². The SMILES string of the molecule is CCCCCC(C=O)C(C)O. The molecule has 0 aliphatic carbocycles. The van der Waals surface area contributed by atoms with E-state index in [1.54, 1.807) is 6.92 Å². The van der Waals surface area contributed by atoms with E-state index in [0.29, 0.717) is 0 Å². The van der Waals surface area contributed by atoms with Gasteiger partial charge in [-0.05, 0) is 13.3 Å². The number of aliphatic hydroxyl groups is 1. The summed E-state index contributed by atoms with van der Waals surface area (Å²) in [6, 6.07) is 0. The highest BCUT2D eigenvalue weighted by Gasteiger charge is 2.12. The van der Waals surface area contributed by atoms with E-state index in [4.69, 9.17) is 5.11 Å². The minimum absolute atomic E-state index is 0.151. The fraction of sp³-hybridized carbons (Fsp3) is 0.889. The van der Waals surface area contributed by atoms with Gasteiger partial charge < -0.3 is 9.90 Å². The van der Waals surface area contributed by atoms with Gasteiger partial charge in [0.2, 0.25) is 0 Å². The van der Waals surface area contributed by atoms with E-state index in [9.17, 15) is 4.79 Å². The number of aliphatic hydroxyl groups excluding tert-OH is 1. The van der Waals surface area contributed by atoms with Gasteiger partial charge in [-0.15, -0.1) is 0 Å². The summed E-state index contributed by atoms with van der Waals surface area (Å²) in [6.45, 7) is 3.79. The van der Waals surface area contributed by atoms with Crippen LogP contribution in [0.5, 0.6) is 0 Å². The monoisotopic (exact) mass is 158 g/mol. The Morgan fingerprint density at radius 3 is 2.45 bits per heavy atom. The molecule has 0 bridgehead atoms. The summed E-state index contributed by atoms with van der Waals surface area (Å²) in [5, 5.41) is 9.08. The smallest absolute Gasteiger partial charge is 0.125 e. The zero-order chi connectivity index (χ0) is 8.69. The van der Waals surface area contributed by atoms with Crippen molar-refractivity contribution in [2.75, 3.05) is 0 Å². The zero-order valence-corrected chi connectivity index (χ0v) is 7.42. The molecule has 2 heteroatoms. The van der Waals surface area contributed by atoms with Gasteiger partial charge in [0.1, 0.15) is 6.29 Å². The van der Waals surface area contributed by atoms with Crippen molar-refractivity contribution in [1.29, 1.82) is 0 Å². The number of rotatable bonds is 6. The Balaban J connectivity index is 3.44. The van der Waals surface area contributed by atoms with Crippen molar-refractivity contribution in [2.45, 2.75) is 45.6 Å². The van der Waals surface area contributed by atoms with Gasteiger partial charge in [0.25, 0.3) is 0 Å². The first kappa shape index (κ1) is 10.6. The molecule has 11 heavy (non-hydrogen) atoms. The first-order chi connectivity index (χ1) is 5.22. The highest BCUT2D eigenvalue weighted by molar-refractivity contribution is 5.54. The lowest BCUT2D eigenvalue weighted by atomic mass is 9.98. The molecule has 0 aromatic rings. The summed E-state index contributed by atoms with van der Waals surface area (Å²) >= 11 is 0. The van der Waals surface area contributed by atoms with Crippen molar-refractivity contribution in [1.82, 2.24) is 0 Å². The molecule has 2 nitrogen and oxygen atoms in total. The average molecular weight is 158 g/mol. The lowest BCUT2D eigenvalue weighted by Gasteiger charge is -2.11. The van der Waals surface area contributed by atoms with E-state index >= 15 is 0 Å². The Bertz CT molecular complexity index is 99.7. The van der Waals surface area contributed by atoms with Crippen LogP contribution in [0.2, 0.25) is 0 Å². The lowest BCUT2D eigenvalue weighted by molar-refractivity contribution is -0.114. The van der Waals surface area contributed by atoms with E-state index in [0.717, 1.165) is 32.0 Å². The number of unbranched alkanes of at least 4 members (excludes halogenated alkanes) is 2. The Kier molecular flexibility index (Phi) is 6.13. The molecule has 1 N–H and O–H groups in total. The quantitative estimate of drug-likeness (QED) is 0.472. The molecule has 0 aliphatic heterocycles. The van der Waals surface area contributed by atoms with E-state index in [1.807, 2.05) is 0 Å². The Morgan fingerprint density at radius 1 is 1.45 bits per heavy atom. The molecule has 2 unspecified atom stereocenters. The standard InChI is InChI=1S/C9H18O2/c1-3-4-5-6-9(7-10)8(2)11/h7-9,11H,3-6H2,1-2H3. The molecule has 0 aliphatic rings. The predicted octanol–water partition coefficient (Wildman–Crippen LogP) is 1.76. The molecule has 0 heterocycles. The number of carbonyl (C=O) groups is 1. The molecule has 0 saturated heterocycles. The Morgan fingerprint density at radius 2 is 2.09 bits per heavy atom. The van der Waals surface area contributed by atoms with Crippen molar-refractivity contribution >= 4 is 6.29 Å². The minimum atomic E-state index is -0.482. The van der Waals surface area contributed by atoms with Gasteiger partial charge in [-0.25, -0.2) is 0 Å². The van der Waals surface area contributed by atoms with Gasteiger partial charge in [-0.3, -0.25) is 0 Å². The summed E-state index contributed by atoms with van der Waals surface area (Å²) in [5.41, 5.74) is 0. The maximum absolute atomic E-state index is 10.4. The molecule has 0 saturated carbocycles. The van der Waals surface area contributed by atoms with Crippen molar-refractivity contribution in [3.8, 4) is 0 Å². The van der Waals surface area contributed by atoms with Crippen LogP contribution >= 0.6 is 0 Å². The van der Waals surface area contributed by atoms with Crippen molar-refractivity contribution in [3.63, 3.8) is 0 Å². The summed E-state index contributed by atoms with van der Waals surface area (Å²) in [7, 11) is 0. The average Bonchev–Trinajstić information content (AvgIpc) is 1.97. The molecule has 66 valence electrons. The first-order valence-corrected chi connectivity index (χ1v) is 4.35. The summed E-state index contributed by atoms with van der Waals surface area (Å²) in [4.78, 5) is 10.4. The molecular formula is C9H18O2. The van der Waals surface area contributed by atoms with Crippen LogP contribution in [-0.2, 0) is 4.79 Å². The second-order valence-corrected chi connectivity index (χ2v) is 3.04. The molecule has 0 fully saturated rings. The number of hydrogen-bond donors (Lipinski definition) is 1. The van der Waals surface area contributed by atoms with Crippen LogP contribution in [0.3, 0.4) is 0 Å². The second-order valence-electron chi connectivity index (χ2n) is 3.04. The first-order valence-electron chi connectivity index (χ1n) is 4.35. The molecule has 0 rings (SSSR count). The van der Waals surface area contributed by atoms with Gasteiger partial charge in [0.15, 0.2) is 0 Å². The minimum Gasteiger partial charge on any atom is -0.393 e. The molecule has 0 amide bonds. The van der Waals surface area contributed by atoms with E-state index in [2.05, 4.69) is 6.92 Å². The van der Waals surface area contributed by atoms with Gasteiger partial charge >= 0.3 is 0 Å². The largest absolute Gasteiger partial charge is 0.393 e. The van der Waals surface area contributed by atoms with Crippen LogP contribution in [0, 0.1) is 5.92 Å². The van der Waals surface area contributed by atoms with Crippen LogP contribution in [0.15, 0.2) is 0 Å². The molecule has 0 spiro atoms. The maximum Gasteiger partial charge on any atom is 0.125 e. The predicted molar refractivity (Wildman–Crippen MR) is 45.4 cm³/mol. The highest BCUT2D eigenvalue weighted by atomic mass is 16.3. The fourth-order valence-corrected chi connectivity index (χ4v) is 1.05. The van der Waals surface area contributed by atoms with E-state index < -0.39 is 6.10 Å². The molecular weight excluding hydrogens is 140 g/mol. The lowest BCUT2D eigenvalue weighted by Crippen LogP contribution is -2.17. The van der Waals surface area contributed by atoms with Crippen molar-refractivity contribution in [3.05, 3.63) is 0 Å². The van der Waals surface area contributed by atoms with Crippen LogP contribution in [0.4, 0.5) is 0 Å².